The van der Waals surface area contributed by atoms with E-state index >= 15 is 0 Å². The standard InChI is InChI=1S/C35H44N10O5/c1-6-22-29(43-11-12-44(24-8-7-23(24)43)33(49)28-30(47)20(4)38-18-39-28)31(48)27(42-41-21-9-10-37-26(13-21)50-5)32(36)45(22)14-25(46)40-35-15-34(16-35,17-35)19(2)3/h9-10,13,18-19,23-24,47H,6-8,11-12,14-17,36H2,1-5H3,(H,40,46)/t23-,24-,34?,35?/m0/s1. The number of amides is 2. The molecule has 15 nitrogen and oxygen atoms in total. The molecule has 50 heavy (non-hydrogen) atoms. The minimum atomic E-state index is -0.395. The fraction of sp³-hybridized carbons (Fsp3) is 0.543. The van der Waals surface area contributed by atoms with Crippen LogP contribution in [0.4, 0.5) is 22.9 Å². The van der Waals surface area contributed by atoms with Crippen molar-refractivity contribution in [3.63, 3.8) is 0 Å². The van der Waals surface area contributed by atoms with Crippen LogP contribution in [0.2, 0.25) is 0 Å². The largest absolute Gasteiger partial charge is 0.504 e. The molecule has 4 heterocycles. The number of fused-ring (bicyclic) bond motifs is 1. The number of nitrogen functional groups attached to an aromatic ring is 1. The summed E-state index contributed by atoms with van der Waals surface area (Å²) in [6.07, 6.45) is 7.61. The van der Waals surface area contributed by atoms with Gasteiger partial charge in [-0.25, -0.2) is 15.0 Å². The van der Waals surface area contributed by atoms with Gasteiger partial charge in [-0.15, -0.1) is 5.11 Å². The Hall–Kier alpha value is -5.08. The first-order valence-corrected chi connectivity index (χ1v) is 17.3. The fourth-order valence-corrected chi connectivity index (χ4v) is 8.49. The topological polar surface area (TPSA) is 194 Å². The van der Waals surface area contributed by atoms with E-state index in [1.165, 1.54) is 19.6 Å². The summed E-state index contributed by atoms with van der Waals surface area (Å²) in [6.45, 7) is 8.59. The number of nitrogens with one attached hydrogen (secondary N) is 1. The zero-order valence-corrected chi connectivity index (χ0v) is 29.1. The van der Waals surface area contributed by atoms with E-state index in [9.17, 15) is 19.5 Å². The highest BCUT2D eigenvalue weighted by molar-refractivity contribution is 5.95. The molecule has 0 unspecified atom stereocenters. The van der Waals surface area contributed by atoms with E-state index in [1.54, 1.807) is 28.5 Å². The second-order valence-electron chi connectivity index (χ2n) is 14.5. The van der Waals surface area contributed by atoms with E-state index in [2.05, 4.69) is 44.3 Å². The molecule has 3 aromatic rings. The van der Waals surface area contributed by atoms with Gasteiger partial charge in [0.25, 0.3) is 5.91 Å². The number of hydrogen-bond donors (Lipinski definition) is 3. The summed E-state index contributed by atoms with van der Waals surface area (Å²) in [6, 6.07) is 2.84. The molecule has 3 aromatic heterocycles. The molecule has 1 saturated heterocycles. The number of anilines is 2. The first-order chi connectivity index (χ1) is 23.9. The Kier molecular flexibility index (Phi) is 8.26. The molecular weight excluding hydrogens is 640 g/mol. The lowest BCUT2D eigenvalue weighted by atomic mass is 9.36. The fourth-order valence-electron chi connectivity index (χ4n) is 8.49. The number of carbonyl (C=O) groups excluding carboxylic acids is 2. The van der Waals surface area contributed by atoms with Gasteiger partial charge in [-0.3, -0.25) is 14.4 Å². The zero-order valence-electron chi connectivity index (χ0n) is 29.1. The molecule has 2 bridgehead atoms. The third kappa shape index (κ3) is 5.33. The molecule has 2 atom stereocenters. The molecule has 5 aliphatic rings. The maximum absolute atomic E-state index is 14.5. The van der Waals surface area contributed by atoms with Gasteiger partial charge >= 0.3 is 0 Å². The van der Waals surface area contributed by atoms with Crippen molar-refractivity contribution in [2.24, 2.45) is 21.6 Å². The minimum Gasteiger partial charge on any atom is -0.504 e. The number of carbonyl (C=O) groups is 2. The first kappa shape index (κ1) is 33.4. The smallest absolute Gasteiger partial charge is 0.276 e. The monoisotopic (exact) mass is 684 g/mol. The molecule has 2 amide bonds. The summed E-state index contributed by atoms with van der Waals surface area (Å²) in [5.41, 5.74) is 8.14. The van der Waals surface area contributed by atoms with E-state index in [1.807, 2.05) is 11.8 Å². The summed E-state index contributed by atoms with van der Waals surface area (Å²) < 4.78 is 6.91. The SMILES string of the molecule is CCc1c(N2CCN(C(=O)c3ncnc(C)c3O)[C@H]3CC[C@@H]32)c(=O)c(N=Nc2ccnc(OC)c2)c(N)n1CC(=O)NC12CC(C(C)C)(C1)C2. The second-order valence-corrected chi connectivity index (χ2v) is 14.5. The Bertz CT molecular complexity index is 1940. The van der Waals surface area contributed by atoms with Crippen molar-refractivity contribution in [3.8, 4) is 11.6 Å². The van der Waals surface area contributed by atoms with E-state index in [0.717, 1.165) is 32.1 Å². The van der Waals surface area contributed by atoms with Crippen molar-refractivity contribution >= 4 is 34.7 Å². The third-order valence-electron chi connectivity index (χ3n) is 11.4. The van der Waals surface area contributed by atoms with Crippen molar-refractivity contribution < 1.29 is 19.4 Å². The molecule has 0 radical (unpaired) electrons. The molecule has 1 aliphatic heterocycles. The summed E-state index contributed by atoms with van der Waals surface area (Å²) in [4.78, 5) is 57.7. The molecule has 8 rings (SSSR count). The highest BCUT2D eigenvalue weighted by Gasteiger charge is 2.69. The number of aromatic hydroxyl groups is 1. The van der Waals surface area contributed by atoms with Crippen molar-refractivity contribution in [1.29, 1.82) is 0 Å². The van der Waals surface area contributed by atoms with Gasteiger partial charge in [0.2, 0.25) is 17.2 Å². The third-order valence-corrected chi connectivity index (χ3v) is 11.4. The van der Waals surface area contributed by atoms with Crippen LogP contribution >= 0.6 is 0 Å². The predicted octanol–water partition coefficient (Wildman–Crippen LogP) is 3.80. The van der Waals surface area contributed by atoms with Crippen LogP contribution in [-0.2, 0) is 17.8 Å². The summed E-state index contributed by atoms with van der Waals surface area (Å²) in [7, 11) is 1.49. The molecule has 264 valence electrons. The molecular formula is C35H44N10O5. The molecule has 0 aromatic carbocycles. The molecule has 5 fully saturated rings. The Balaban J connectivity index is 1.24. The number of aryl methyl sites for hydroxylation is 1. The van der Waals surface area contributed by atoms with E-state index in [-0.39, 0.29) is 58.9 Å². The van der Waals surface area contributed by atoms with Gasteiger partial charge in [-0.05, 0) is 62.8 Å². The maximum Gasteiger partial charge on any atom is 0.276 e. The molecule has 4 N–H and O–H groups in total. The predicted molar refractivity (Wildman–Crippen MR) is 185 cm³/mol. The van der Waals surface area contributed by atoms with Gasteiger partial charge in [0.15, 0.2) is 17.1 Å². The van der Waals surface area contributed by atoms with Crippen molar-refractivity contribution in [2.75, 3.05) is 30.8 Å². The molecule has 4 saturated carbocycles. The summed E-state index contributed by atoms with van der Waals surface area (Å²) in [5.74, 6) is 0.188. The van der Waals surface area contributed by atoms with Gasteiger partial charge in [0.05, 0.1) is 24.5 Å². The Morgan fingerprint density at radius 1 is 1.14 bits per heavy atom. The number of nitrogens with two attached hydrogens (primary N) is 1. The Morgan fingerprint density at radius 2 is 1.88 bits per heavy atom. The van der Waals surface area contributed by atoms with Crippen LogP contribution < -0.4 is 26.1 Å². The number of aromatic nitrogens is 4. The van der Waals surface area contributed by atoms with E-state index in [4.69, 9.17) is 10.5 Å². The van der Waals surface area contributed by atoms with Gasteiger partial charge in [-0.1, -0.05) is 20.8 Å². The number of ether oxygens (including phenoxy) is 1. The average Bonchev–Trinajstić information content (AvgIpc) is 3.04. The lowest BCUT2D eigenvalue weighted by Crippen LogP contribution is -2.76. The molecule has 0 spiro atoms. The van der Waals surface area contributed by atoms with Gasteiger partial charge in [0.1, 0.15) is 24.4 Å². The lowest BCUT2D eigenvalue weighted by Gasteiger charge is -2.72. The summed E-state index contributed by atoms with van der Waals surface area (Å²) in [5, 5.41) is 22.5. The number of pyridine rings is 2. The number of nitrogens with zero attached hydrogens (tertiary/aromatic N) is 8. The average molecular weight is 685 g/mol. The van der Waals surface area contributed by atoms with Crippen LogP contribution in [-0.4, -0.2) is 79.2 Å². The van der Waals surface area contributed by atoms with Gasteiger partial charge < -0.3 is 35.3 Å². The van der Waals surface area contributed by atoms with E-state index in [0.29, 0.717) is 59.5 Å². The van der Waals surface area contributed by atoms with Crippen LogP contribution in [0.25, 0.3) is 0 Å². The maximum atomic E-state index is 14.5. The highest BCUT2D eigenvalue weighted by atomic mass is 16.5. The van der Waals surface area contributed by atoms with Crippen molar-refractivity contribution in [3.05, 3.63) is 52.0 Å². The minimum absolute atomic E-state index is 0.0369. The first-order valence-electron chi connectivity index (χ1n) is 17.3. The Morgan fingerprint density at radius 3 is 2.54 bits per heavy atom. The zero-order chi connectivity index (χ0) is 35.5. The van der Waals surface area contributed by atoms with Gasteiger partial charge in [0, 0.05) is 42.6 Å². The lowest BCUT2D eigenvalue weighted by molar-refractivity contribution is -0.187. The van der Waals surface area contributed by atoms with E-state index < -0.39 is 5.43 Å². The molecule has 4 aliphatic carbocycles. The van der Waals surface area contributed by atoms with Crippen LogP contribution in [0.5, 0.6) is 11.6 Å². The van der Waals surface area contributed by atoms with Gasteiger partial charge in [-0.2, -0.15) is 5.11 Å². The quantitative estimate of drug-likeness (QED) is 0.265. The van der Waals surface area contributed by atoms with Crippen LogP contribution in [0.3, 0.4) is 0 Å². The Labute approximate surface area is 290 Å². The number of piperazine rings is 1. The van der Waals surface area contributed by atoms with Crippen LogP contribution in [0, 0.1) is 18.3 Å². The normalized spacial score (nSPS) is 25.1. The van der Waals surface area contributed by atoms with Crippen LogP contribution in [0.15, 0.2) is 39.7 Å². The molecule has 15 heteroatoms. The van der Waals surface area contributed by atoms with Crippen molar-refractivity contribution in [2.45, 2.75) is 90.4 Å². The summed E-state index contributed by atoms with van der Waals surface area (Å²) >= 11 is 0. The highest BCUT2D eigenvalue weighted by Crippen LogP contribution is 2.70. The number of hydrogen-bond acceptors (Lipinski definition) is 12. The second kappa shape index (κ2) is 12.4. The number of rotatable bonds is 10. The number of azo groups is 1. The van der Waals surface area contributed by atoms with Crippen LogP contribution in [0.1, 0.15) is 74.8 Å². The number of methoxy groups -OCH3 is 1. The van der Waals surface area contributed by atoms with Crippen molar-refractivity contribution in [1.82, 2.24) is 29.7 Å².